The van der Waals surface area contributed by atoms with Crippen molar-refractivity contribution < 1.29 is 18.0 Å². The van der Waals surface area contributed by atoms with Crippen LogP contribution in [0.4, 0.5) is 0 Å². The van der Waals surface area contributed by atoms with Crippen molar-refractivity contribution in [3.8, 4) is 0 Å². The van der Waals surface area contributed by atoms with Crippen LogP contribution in [-0.4, -0.2) is 43.3 Å². The van der Waals surface area contributed by atoms with Crippen molar-refractivity contribution in [2.45, 2.75) is 64.3 Å². The minimum Gasteiger partial charge on any atom is -0.381 e. The van der Waals surface area contributed by atoms with Gasteiger partial charge in [0.2, 0.25) is 0 Å². The van der Waals surface area contributed by atoms with Crippen molar-refractivity contribution in [2.24, 2.45) is 0 Å². The second-order valence-electron chi connectivity index (χ2n) is 5.13. The SMILES string of the molecule is CCCCCCOCCCCCC[Si](OC)(OC)OC. The Bertz CT molecular complexity index is 190. The topological polar surface area (TPSA) is 36.9 Å². The number of unbranched alkanes of at least 4 members (excludes halogenated alkanes) is 6. The van der Waals surface area contributed by atoms with Crippen LogP contribution in [0.1, 0.15) is 58.3 Å². The van der Waals surface area contributed by atoms with Gasteiger partial charge in [0.15, 0.2) is 0 Å². The Hall–Kier alpha value is 0.0569. The van der Waals surface area contributed by atoms with Crippen LogP contribution in [0, 0.1) is 0 Å². The van der Waals surface area contributed by atoms with Gasteiger partial charge in [-0.05, 0) is 19.3 Å². The van der Waals surface area contributed by atoms with E-state index in [0.717, 1.165) is 32.1 Å². The normalized spacial score (nSPS) is 12.0. The first-order valence-corrected chi connectivity index (χ1v) is 9.91. The predicted octanol–water partition coefficient (Wildman–Crippen LogP) is 4.02. The lowest BCUT2D eigenvalue weighted by atomic mass is 10.2. The lowest BCUT2D eigenvalue weighted by molar-refractivity contribution is 0.121. The van der Waals surface area contributed by atoms with Gasteiger partial charge in [0, 0.05) is 40.6 Å². The highest BCUT2D eigenvalue weighted by molar-refractivity contribution is 6.60. The fourth-order valence-electron chi connectivity index (χ4n) is 2.19. The molecule has 0 N–H and O–H groups in total. The fraction of sp³-hybridized carbons (Fsp3) is 1.00. The molecule has 0 atom stereocenters. The zero-order valence-corrected chi connectivity index (χ0v) is 14.9. The van der Waals surface area contributed by atoms with Gasteiger partial charge in [0.1, 0.15) is 0 Å². The molecule has 0 aliphatic carbocycles. The summed E-state index contributed by atoms with van der Waals surface area (Å²) in [7, 11) is 2.67. The van der Waals surface area contributed by atoms with Crippen LogP contribution in [0.25, 0.3) is 0 Å². The molecule has 0 amide bonds. The predicted molar refractivity (Wildman–Crippen MR) is 85.0 cm³/mol. The van der Waals surface area contributed by atoms with Crippen molar-refractivity contribution in [1.29, 1.82) is 0 Å². The van der Waals surface area contributed by atoms with Crippen molar-refractivity contribution in [1.82, 2.24) is 0 Å². The van der Waals surface area contributed by atoms with Crippen molar-refractivity contribution in [3.05, 3.63) is 0 Å². The van der Waals surface area contributed by atoms with Gasteiger partial charge in [-0.1, -0.05) is 39.0 Å². The van der Waals surface area contributed by atoms with E-state index in [2.05, 4.69) is 6.92 Å². The molecule has 0 aliphatic heterocycles. The van der Waals surface area contributed by atoms with Gasteiger partial charge in [-0.2, -0.15) is 0 Å². The maximum absolute atomic E-state index is 5.63. The summed E-state index contributed by atoms with van der Waals surface area (Å²) in [5, 5.41) is 0. The van der Waals surface area contributed by atoms with E-state index in [-0.39, 0.29) is 0 Å². The molecule has 0 aromatic heterocycles. The first-order valence-electron chi connectivity index (χ1n) is 7.98. The van der Waals surface area contributed by atoms with Crippen LogP contribution in [0.15, 0.2) is 0 Å². The third-order valence-corrected chi connectivity index (χ3v) is 6.43. The first kappa shape index (κ1) is 20.1. The van der Waals surface area contributed by atoms with E-state index in [0.29, 0.717) is 0 Å². The molecule has 0 bridgehead atoms. The molecule has 0 radical (unpaired) electrons. The van der Waals surface area contributed by atoms with E-state index in [9.17, 15) is 0 Å². The summed E-state index contributed by atoms with van der Waals surface area (Å²) < 4.78 is 21.8. The molecule has 5 heteroatoms. The quantitative estimate of drug-likeness (QED) is 0.338. The molecule has 0 saturated heterocycles. The highest BCUT2D eigenvalue weighted by atomic mass is 28.4. The van der Waals surface area contributed by atoms with Crippen LogP contribution in [0.5, 0.6) is 0 Å². The monoisotopic (exact) mass is 306 g/mol. The molecule has 0 spiro atoms. The standard InChI is InChI=1S/C15H34O4Si/c1-5-6-7-10-13-19-14-11-8-9-12-15-20(16-2,17-3)18-4/h5-15H2,1-4H3. The molecule has 20 heavy (non-hydrogen) atoms. The van der Waals surface area contributed by atoms with Gasteiger partial charge >= 0.3 is 8.80 Å². The average molecular weight is 307 g/mol. The van der Waals surface area contributed by atoms with Gasteiger partial charge in [-0.25, -0.2) is 0 Å². The van der Waals surface area contributed by atoms with Crippen LogP contribution in [0.2, 0.25) is 6.04 Å². The molecule has 0 fully saturated rings. The molecule has 0 heterocycles. The second kappa shape index (κ2) is 14.0. The summed E-state index contributed by atoms with van der Waals surface area (Å²) >= 11 is 0. The maximum Gasteiger partial charge on any atom is 0.500 e. The Morgan fingerprint density at radius 2 is 1.15 bits per heavy atom. The molecule has 0 aliphatic rings. The lowest BCUT2D eigenvalue weighted by Crippen LogP contribution is -2.42. The van der Waals surface area contributed by atoms with Gasteiger partial charge in [-0.15, -0.1) is 0 Å². The summed E-state index contributed by atoms with van der Waals surface area (Å²) in [6.07, 6.45) is 9.75. The number of hydrogen-bond acceptors (Lipinski definition) is 4. The number of hydrogen-bond donors (Lipinski definition) is 0. The van der Waals surface area contributed by atoms with Crippen molar-refractivity contribution >= 4 is 8.80 Å². The molecule has 0 saturated carbocycles. The highest BCUT2D eigenvalue weighted by Crippen LogP contribution is 2.17. The zero-order chi connectivity index (χ0) is 15.1. The van der Waals surface area contributed by atoms with Crippen LogP contribution in [-0.2, 0) is 18.0 Å². The Kier molecular flexibility index (Phi) is 14.1. The van der Waals surface area contributed by atoms with Crippen molar-refractivity contribution in [2.75, 3.05) is 34.5 Å². The van der Waals surface area contributed by atoms with Crippen LogP contribution >= 0.6 is 0 Å². The molecular formula is C15H34O4Si. The Balaban J connectivity index is 3.32. The van der Waals surface area contributed by atoms with Gasteiger partial charge in [-0.3, -0.25) is 0 Å². The second-order valence-corrected chi connectivity index (χ2v) is 8.22. The smallest absolute Gasteiger partial charge is 0.381 e. The van der Waals surface area contributed by atoms with E-state index in [1.54, 1.807) is 21.3 Å². The van der Waals surface area contributed by atoms with Gasteiger partial charge in [0.05, 0.1) is 0 Å². The first-order chi connectivity index (χ1) is 9.74. The maximum atomic E-state index is 5.63. The Morgan fingerprint density at radius 3 is 1.65 bits per heavy atom. The summed E-state index contributed by atoms with van der Waals surface area (Å²) in [4.78, 5) is 0. The zero-order valence-electron chi connectivity index (χ0n) is 13.9. The average Bonchev–Trinajstić information content (AvgIpc) is 2.49. The van der Waals surface area contributed by atoms with Gasteiger partial charge in [0.25, 0.3) is 0 Å². The molecule has 0 aromatic carbocycles. The minimum atomic E-state index is -2.34. The molecule has 4 nitrogen and oxygen atoms in total. The fourth-order valence-corrected chi connectivity index (χ4v) is 3.98. The van der Waals surface area contributed by atoms with E-state index in [4.69, 9.17) is 18.0 Å². The van der Waals surface area contributed by atoms with Gasteiger partial charge < -0.3 is 18.0 Å². The molecule has 0 rings (SSSR count). The summed E-state index contributed by atoms with van der Waals surface area (Å²) in [5.74, 6) is 0. The molecule has 0 aromatic rings. The highest BCUT2D eigenvalue weighted by Gasteiger charge is 2.36. The van der Waals surface area contributed by atoms with E-state index in [1.807, 2.05) is 0 Å². The Labute approximate surface area is 126 Å². The summed E-state index contributed by atoms with van der Waals surface area (Å²) in [5.41, 5.74) is 0. The summed E-state index contributed by atoms with van der Waals surface area (Å²) in [6.45, 7) is 4.05. The molecular weight excluding hydrogens is 272 g/mol. The largest absolute Gasteiger partial charge is 0.500 e. The van der Waals surface area contributed by atoms with E-state index in [1.165, 1.54) is 38.5 Å². The Morgan fingerprint density at radius 1 is 0.650 bits per heavy atom. The number of rotatable bonds is 15. The molecule has 0 unspecified atom stereocenters. The van der Waals surface area contributed by atoms with Crippen molar-refractivity contribution in [3.63, 3.8) is 0 Å². The van der Waals surface area contributed by atoms with Crippen LogP contribution in [0.3, 0.4) is 0 Å². The lowest BCUT2D eigenvalue weighted by Gasteiger charge is -2.24. The minimum absolute atomic E-state index is 0.896. The van der Waals surface area contributed by atoms with E-state index >= 15 is 0 Å². The van der Waals surface area contributed by atoms with E-state index < -0.39 is 8.80 Å². The summed E-state index contributed by atoms with van der Waals surface area (Å²) in [6, 6.07) is 0.897. The van der Waals surface area contributed by atoms with Crippen LogP contribution < -0.4 is 0 Å². The molecule has 122 valence electrons. The number of ether oxygens (including phenoxy) is 1. The third-order valence-electron chi connectivity index (χ3n) is 3.60. The third kappa shape index (κ3) is 9.88.